The minimum absolute atomic E-state index is 0.187. The van der Waals surface area contributed by atoms with Crippen molar-refractivity contribution in [2.24, 2.45) is 0 Å². The predicted molar refractivity (Wildman–Crippen MR) is 52.1 cm³/mol. The average molecular weight is 240 g/mol. The first-order valence-corrected chi connectivity index (χ1v) is 4.52. The summed E-state index contributed by atoms with van der Waals surface area (Å²) >= 11 is 0. The first kappa shape index (κ1) is 11.1. The van der Waals surface area contributed by atoms with Gasteiger partial charge in [0.1, 0.15) is 5.82 Å². The van der Waals surface area contributed by atoms with Crippen molar-refractivity contribution in [1.82, 2.24) is 0 Å². The van der Waals surface area contributed by atoms with Crippen LogP contribution in [0.4, 0.5) is 8.78 Å². The first-order valence-electron chi connectivity index (χ1n) is 4.52. The van der Waals surface area contributed by atoms with Gasteiger partial charge in [-0.05, 0) is 18.2 Å². The van der Waals surface area contributed by atoms with Crippen LogP contribution in [0.3, 0.4) is 0 Å². The monoisotopic (exact) mass is 240 g/mol. The molecule has 2 rings (SSSR count). The molecule has 0 spiro atoms. The molecule has 1 N–H and O–H groups in total. The fraction of sp³-hybridized carbons (Fsp3) is 0. The van der Waals surface area contributed by atoms with Gasteiger partial charge in [-0.1, -0.05) is 0 Å². The Morgan fingerprint density at radius 1 is 1.24 bits per heavy atom. The van der Waals surface area contributed by atoms with E-state index >= 15 is 0 Å². The summed E-state index contributed by atoms with van der Waals surface area (Å²) in [4.78, 5) is 10.5. The molecule has 0 unspecified atom stereocenters. The minimum Gasteiger partial charge on any atom is -0.475 e. The second-order valence-corrected chi connectivity index (χ2v) is 3.10. The Morgan fingerprint density at radius 3 is 2.59 bits per heavy atom. The molecule has 0 aliphatic rings. The third-order valence-electron chi connectivity index (χ3n) is 1.90. The van der Waals surface area contributed by atoms with E-state index in [1.165, 1.54) is 12.1 Å². The third-order valence-corrected chi connectivity index (χ3v) is 1.90. The van der Waals surface area contributed by atoms with Gasteiger partial charge in [-0.3, -0.25) is 0 Å². The molecule has 1 heterocycles. The van der Waals surface area contributed by atoms with Crippen molar-refractivity contribution in [1.29, 1.82) is 0 Å². The lowest BCUT2D eigenvalue weighted by Gasteiger charge is -2.02. The number of carboxylic acids is 1. The zero-order chi connectivity index (χ0) is 12.4. The maximum atomic E-state index is 13.2. The van der Waals surface area contributed by atoms with Crippen molar-refractivity contribution in [3.05, 3.63) is 47.7 Å². The van der Waals surface area contributed by atoms with E-state index in [1.54, 1.807) is 0 Å². The highest BCUT2D eigenvalue weighted by Crippen LogP contribution is 2.26. The summed E-state index contributed by atoms with van der Waals surface area (Å²) in [6.45, 7) is 0. The number of furan rings is 1. The van der Waals surface area contributed by atoms with E-state index in [-0.39, 0.29) is 17.5 Å². The molecule has 1 aromatic heterocycles. The molecule has 0 radical (unpaired) electrons. The summed E-state index contributed by atoms with van der Waals surface area (Å²) in [6.07, 6.45) is 0. The van der Waals surface area contributed by atoms with Crippen LogP contribution in [0.1, 0.15) is 10.6 Å². The van der Waals surface area contributed by atoms with Gasteiger partial charge in [0.15, 0.2) is 11.6 Å². The fourth-order valence-electron chi connectivity index (χ4n) is 1.16. The smallest absolute Gasteiger partial charge is 0.371 e. The van der Waals surface area contributed by atoms with E-state index in [9.17, 15) is 13.6 Å². The summed E-state index contributed by atoms with van der Waals surface area (Å²) < 4.78 is 35.5. The van der Waals surface area contributed by atoms with Crippen molar-refractivity contribution in [2.45, 2.75) is 0 Å². The molecule has 1 aromatic carbocycles. The third kappa shape index (κ3) is 2.41. The van der Waals surface area contributed by atoms with E-state index in [0.717, 1.165) is 12.1 Å². The summed E-state index contributed by atoms with van der Waals surface area (Å²) in [5.41, 5.74) is 0. The van der Waals surface area contributed by atoms with Crippen LogP contribution in [-0.4, -0.2) is 11.1 Å². The van der Waals surface area contributed by atoms with Crippen LogP contribution < -0.4 is 4.74 Å². The summed E-state index contributed by atoms with van der Waals surface area (Å²) in [5.74, 6) is -3.67. The highest BCUT2D eigenvalue weighted by molar-refractivity contribution is 5.84. The first-order chi connectivity index (χ1) is 8.06. The van der Waals surface area contributed by atoms with E-state index in [4.69, 9.17) is 14.3 Å². The topological polar surface area (TPSA) is 59.7 Å². The molecular formula is C11H6F2O4. The van der Waals surface area contributed by atoms with Gasteiger partial charge in [-0.2, -0.15) is 0 Å². The van der Waals surface area contributed by atoms with Gasteiger partial charge in [-0.15, -0.1) is 0 Å². The van der Waals surface area contributed by atoms with Crippen molar-refractivity contribution in [2.75, 3.05) is 0 Å². The van der Waals surface area contributed by atoms with Crippen molar-refractivity contribution in [3.63, 3.8) is 0 Å². The molecule has 88 valence electrons. The molecule has 2 aromatic rings. The molecule has 17 heavy (non-hydrogen) atoms. The molecule has 6 heteroatoms. The van der Waals surface area contributed by atoms with Gasteiger partial charge in [-0.25, -0.2) is 13.6 Å². The maximum Gasteiger partial charge on any atom is 0.371 e. The molecule has 0 aliphatic carbocycles. The zero-order valence-corrected chi connectivity index (χ0v) is 8.31. The Morgan fingerprint density at radius 2 is 2.00 bits per heavy atom. The second-order valence-electron chi connectivity index (χ2n) is 3.10. The van der Waals surface area contributed by atoms with Crippen LogP contribution in [-0.2, 0) is 0 Å². The maximum absolute atomic E-state index is 13.2. The Hall–Kier alpha value is -2.37. The Bertz CT molecular complexity index is 562. The van der Waals surface area contributed by atoms with Gasteiger partial charge in [0.2, 0.25) is 5.76 Å². The van der Waals surface area contributed by atoms with Gasteiger partial charge in [0.25, 0.3) is 5.95 Å². The number of hydrogen-bond donors (Lipinski definition) is 1. The summed E-state index contributed by atoms with van der Waals surface area (Å²) in [5, 5.41) is 8.58. The lowest BCUT2D eigenvalue weighted by Crippen LogP contribution is -1.92. The number of rotatable bonds is 3. The van der Waals surface area contributed by atoms with Crippen LogP contribution in [0.15, 0.2) is 34.7 Å². The predicted octanol–water partition coefficient (Wildman–Crippen LogP) is 3.05. The number of benzene rings is 1. The molecule has 0 bridgehead atoms. The molecule has 0 amide bonds. The molecule has 0 saturated carbocycles. The Labute approximate surface area is 94.0 Å². The molecule has 0 saturated heterocycles. The van der Waals surface area contributed by atoms with Gasteiger partial charge >= 0.3 is 5.97 Å². The van der Waals surface area contributed by atoms with E-state index < -0.39 is 17.6 Å². The standard InChI is InChI=1S/C11H6F2O4/c12-6-1-2-8(7(13)5-6)16-10-4-3-9(17-10)11(14)15/h1-5H,(H,14,15). The minimum atomic E-state index is -1.26. The Balaban J connectivity index is 2.22. The lowest BCUT2D eigenvalue weighted by molar-refractivity contribution is 0.0657. The molecule has 0 aliphatic heterocycles. The quantitative estimate of drug-likeness (QED) is 0.895. The summed E-state index contributed by atoms with van der Waals surface area (Å²) in [6, 6.07) is 5.13. The van der Waals surface area contributed by atoms with Gasteiger partial charge in [0, 0.05) is 12.1 Å². The molecule has 0 fully saturated rings. The van der Waals surface area contributed by atoms with Gasteiger partial charge in [0.05, 0.1) is 0 Å². The van der Waals surface area contributed by atoms with Gasteiger partial charge < -0.3 is 14.3 Å². The van der Waals surface area contributed by atoms with Crippen molar-refractivity contribution >= 4 is 5.97 Å². The number of ether oxygens (including phenoxy) is 1. The Kier molecular flexibility index (Phi) is 2.78. The van der Waals surface area contributed by atoms with E-state index in [1.807, 2.05) is 0 Å². The SMILES string of the molecule is O=C(O)c1ccc(Oc2ccc(F)cc2F)o1. The normalized spacial score (nSPS) is 10.2. The summed E-state index contributed by atoms with van der Waals surface area (Å²) in [7, 11) is 0. The number of aromatic carboxylic acids is 1. The van der Waals surface area contributed by atoms with Crippen LogP contribution in [0.2, 0.25) is 0 Å². The number of halogens is 2. The second kappa shape index (κ2) is 4.25. The van der Waals surface area contributed by atoms with E-state index in [2.05, 4.69) is 0 Å². The highest BCUT2D eigenvalue weighted by atomic mass is 19.1. The molecule has 4 nitrogen and oxygen atoms in total. The average Bonchev–Trinajstić information content (AvgIpc) is 2.71. The number of carboxylic acid groups (broad SMARTS) is 1. The van der Waals surface area contributed by atoms with Crippen LogP contribution >= 0.6 is 0 Å². The lowest BCUT2D eigenvalue weighted by atomic mass is 10.3. The van der Waals surface area contributed by atoms with Crippen LogP contribution in [0, 0.1) is 11.6 Å². The van der Waals surface area contributed by atoms with Crippen molar-refractivity contribution < 1.29 is 27.8 Å². The number of carbonyl (C=O) groups is 1. The zero-order valence-electron chi connectivity index (χ0n) is 8.31. The highest BCUT2D eigenvalue weighted by Gasteiger charge is 2.12. The van der Waals surface area contributed by atoms with Crippen LogP contribution in [0.25, 0.3) is 0 Å². The van der Waals surface area contributed by atoms with E-state index in [0.29, 0.717) is 6.07 Å². The molecule has 0 atom stereocenters. The largest absolute Gasteiger partial charge is 0.475 e. The van der Waals surface area contributed by atoms with Crippen LogP contribution in [0.5, 0.6) is 11.7 Å². The number of hydrogen-bond acceptors (Lipinski definition) is 3. The fourth-order valence-corrected chi connectivity index (χ4v) is 1.16. The molecular weight excluding hydrogens is 234 g/mol. The van der Waals surface area contributed by atoms with Crippen molar-refractivity contribution in [3.8, 4) is 11.7 Å².